The Hall–Kier alpha value is -0.663. The number of rotatable bonds is 6. The van der Waals surface area contributed by atoms with Crippen LogP contribution in [0.5, 0.6) is 0 Å². The lowest BCUT2D eigenvalue weighted by molar-refractivity contribution is -0.775. The maximum Gasteiger partial charge on any atom is 0.296 e. The zero-order valence-corrected chi connectivity index (χ0v) is 14.2. The van der Waals surface area contributed by atoms with E-state index in [-0.39, 0.29) is 5.04 Å². The van der Waals surface area contributed by atoms with Crippen molar-refractivity contribution >= 4 is 8.32 Å². The molecule has 0 spiro atoms. The van der Waals surface area contributed by atoms with Crippen molar-refractivity contribution in [1.82, 2.24) is 4.90 Å². The van der Waals surface area contributed by atoms with Crippen molar-refractivity contribution < 1.29 is 14.4 Å². The van der Waals surface area contributed by atoms with Gasteiger partial charge in [-0.05, 0) is 37.4 Å². The Morgan fingerprint density at radius 2 is 2.10 bits per heavy atom. The zero-order chi connectivity index (χ0) is 15.4. The quantitative estimate of drug-likeness (QED) is 0.429. The van der Waals surface area contributed by atoms with Gasteiger partial charge in [0.25, 0.3) is 5.09 Å². The summed E-state index contributed by atoms with van der Waals surface area (Å²) in [6, 6.07) is 0. The molecule has 1 saturated heterocycles. The van der Waals surface area contributed by atoms with E-state index in [1.54, 1.807) is 0 Å². The lowest BCUT2D eigenvalue weighted by Crippen LogP contribution is -2.47. The minimum atomic E-state index is -1.75. The predicted molar refractivity (Wildman–Crippen MR) is 80.1 cm³/mol. The Balaban J connectivity index is 2.44. The van der Waals surface area contributed by atoms with Crippen molar-refractivity contribution in [3.8, 4) is 0 Å². The normalized spacial score (nSPS) is 21.8. The van der Waals surface area contributed by atoms with Gasteiger partial charge in [-0.3, -0.25) is 9.74 Å². The topological polar surface area (TPSA) is 64.8 Å². The fourth-order valence-corrected chi connectivity index (χ4v) is 2.94. The molecular formula is C13H27N2O4Si. The second-order valence-electron chi connectivity index (χ2n) is 6.74. The third kappa shape index (κ3) is 5.03. The molecule has 6 nitrogen and oxygen atoms in total. The molecule has 1 fully saturated rings. The minimum Gasteiger partial charge on any atom is -0.416 e. The molecule has 1 aliphatic rings. The molecule has 20 heavy (non-hydrogen) atoms. The fourth-order valence-electron chi connectivity index (χ4n) is 1.91. The molecule has 117 valence electrons. The summed E-state index contributed by atoms with van der Waals surface area (Å²) in [5.41, 5.74) is 0. The lowest BCUT2D eigenvalue weighted by Gasteiger charge is -2.38. The minimum absolute atomic E-state index is 0.180. The van der Waals surface area contributed by atoms with Gasteiger partial charge in [0.05, 0.1) is 0 Å². The van der Waals surface area contributed by atoms with Gasteiger partial charge >= 0.3 is 0 Å². The van der Waals surface area contributed by atoms with Crippen LogP contribution in [0.1, 0.15) is 33.6 Å². The summed E-state index contributed by atoms with van der Waals surface area (Å²) in [6.45, 7) is 13.1. The van der Waals surface area contributed by atoms with Crippen molar-refractivity contribution in [2.45, 2.75) is 58.0 Å². The summed E-state index contributed by atoms with van der Waals surface area (Å²) in [7, 11) is -1.75. The molecular weight excluding hydrogens is 276 g/mol. The number of hydrogen-bond donors (Lipinski definition) is 0. The van der Waals surface area contributed by atoms with Gasteiger partial charge in [0, 0.05) is 19.7 Å². The zero-order valence-electron chi connectivity index (χ0n) is 13.2. The van der Waals surface area contributed by atoms with E-state index < -0.39 is 19.6 Å². The van der Waals surface area contributed by atoms with Crippen LogP contribution in [0.15, 0.2) is 0 Å². The molecule has 1 radical (unpaired) electrons. The molecule has 1 unspecified atom stereocenters. The van der Waals surface area contributed by atoms with Crippen LogP contribution in [-0.4, -0.2) is 44.2 Å². The first-order valence-electron chi connectivity index (χ1n) is 7.14. The summed E-state index contributed by atoms with van der Waals surface area (Å²) in [4.78, 5) is 17.2. The molecule has 1 aliphatic heterocycles. The molecule has 0 saturated carbocycles. The van der Waals surface area contributed by atoms with Crippen LogP contribution in [0.2, 0.25) is 18.1 Å². The molecule has 0 amide bonds. The molecule has 7 heteroatoms. The van der Waals surface area contributed by atoms with Crippen molar-refractivity contribution in [1.29, 1.82) is 0 Å². The van der Waals surface area contributed by atoms with Crippen molar-refractivity contribution in [2.75, 3.05) is 19.7 Å². The largest absolute Gasteiger partial charge is 0.416 e. The third-order valence-electron chi connectivity index (χ3n) is 4.25. The van der Waals surface area contributed by atoms with Gasteiger partial charge in [-0.2, -0.15) is 0 Å². The van der Waals surface area contributed by atoms with E-state index in [1.165, 1.54) is 0 Å². The van der Waals surface area contributed by atoms with E-state index in [4.69, 9.17) is 9.26 Å². The second-order valence-corrected chi connectivity index (χ2v) is 11.6. The van der Waals surface area contributed by atoms with Gasteiger partial charge in [0.1, 0.15) is 0 Å². The number of nitrogens with zero attached hydrogens (tertiary/aromatic N) is 2. The highest BCUT2D eigenvalue weighted by Gasteiger charge is 2.37. The predicted octanol–water partition coefficient (Wildman–Crippen LogP) is 2.84. The molecule has 0 aromatic rings. The molecule has 0 aromatic heterocycles. The van der Waals surface area contributed by atoms with Crippen molar-refractivity contribution in [3.05, 3.63) is 16.5 Å². The van der Waals surface area contributed by atoms with Crippen LogP contribution in [0.25, 0.3) is 0 Å². The van der Waals surface area contributed by atoms with E-state index in [1.807, 2.05) is 11.3 Å². The number of hydrogen-bond acceptors (Lipinski definition) is 5. The van der Waals surface area contributed by atoms with Crippen molar-refractivity contribution in [2.24, 2.45) is 0 Å². The van der Waals surface area contributed by atoms with Gasteiger partial charge in [0.2, 0.25) is 0 Å². The smallest absolute Gasteiger partial charge is 0.296 e. The highest BCUT2D eigenvalue weighted by Crippen LogP contribution is 2.36. The molecule has 0 bridgehead atoms. The van der Waals surface area contributed by atoms with Crippen LogP contribution < -0.4 is 0 Å². The van der Waals surface area contributed by atoms with E-state index in [0.29, 0.717) is 19.6 Å². The molecule has 0 N–H and O–H groups in total. The standard InChI is InChI=1S/C13H27N2O4Si/c1-13(2,3)20(4,5)18-11-10-14-9-7-6-8-12(14)19-15(16)17/h6,12H,7-11H2,1-5H3. The van der Waals surface area contributed by atoms with Gasteiger partial charge in [-0.25, -0.2) is 0 Å². The molecule has 1 heterocycles. The summed E-state index contributed by atoms with van der Waals surface area (Å²) < 4.78 is 6.11. The average Bonchev–Trinajstić information content (AvgIpc) is 2.29. The first-order valence-corrected chi connectivity index (χ1v) is 10.0. The van der Waals surface area contributed by atoms with Gasteiger partial charge in [-0.15, -0.1) is 10.1 Å². The lowest BCUT2D eigenvalue weighted by atomic mass is 10.1. The van der Waals surface area contributed by atoms with E-state index >= 15 is 0 Å². The van der Waals surface area contributed by atoms with Gasteiger partial charge < -0.3 is 4.43 Å². The van der Waals surface area contributed by atoms with Crippen LogP contribution >= 0.6 is 0 Å². The number of likely N-dealkylation sites (tertiary alicyclic amines) is 1. The fraction of sp³-hybridized carbons (Fsp3) is 0.923. The monoisotopic (exact) mass is 303 g/mol. The maximum absolute atomic E-state index is 10.5. The van der Waals surface area contributed by atoms with E-state index in [2.05, 4.69) is 33.9 Å². The molecule has 1 rings (SSSR count). The van der Waals surface area contributed by atoms with Gasteiger partial charge in [-0.1, -0.05) is 20.8 Å². The molecule has 0 aliphatic carbocycles. The Morgan fingerprint density at radius 1 is 1.45 bits per heavy atom. The Labute approximate surface area is 122 Å². The van der Waals surface area contributed by atoms with E-state index in [9.17, 15) is 10.1 Å². The Kier molecular flexibility index (Phi) is 5.97. The van der Waals surface area contributed by atoms with Crippen molar-refractivity contribution in [3.63, 3.8) is 0 Å². The van der Waals surface area contributed by atoms with Crippen LogP contribution in [0, 0.1) is 16.5 Å². The molecule has 0 aromatic carbocycles. The Morgan fingerprint density at radius 3 is 2.65 bits per heavy atom. The highest BCUT2D eigenvalue weighted by atomic mass is 28.4. The third-order valence-corrected chi connectivity index (χ3v) is 8.79. The average molecular weight is 303 g/mol. The summed E-state index contributed by atoms with van der Waals surface area (Å²) in [5.74, 6) is 0. The number of piperidine rings is 1. The summed E-state index contributed by atoms with van der Waals surface area (Å²) >= 11 is 0. The summed E-state index contributed by atoms with van der Waals surface area (Å²) in [6.07, 6.45) is 3.12. The molecule has 1 atom stereocenters. The summed E-state index contributed by atoms with van der Waals surface area (Å²) in [5, 5.41) is 9.97. The maximum atomic E-state index is 10.5. The van der Waals surface area contributed by atoms with Crippen LogP contribution in [0.4, 0.5) is 0 Å². The van der Waals surface area contributed by atoms with E-state index in [0.717, 1.165) is 13.0 Å². The first-order chi connectivity index (χ1) is 9.13. The second kappa shape index (κ2) is 6.86. The first kappa shape index (κ1) is 17.4. The van der Waals surface area contributed by atoms with Gasteiger partial charge in [0.15, 0.2) is 14.5 Å². The SMILES string of the molecule is CC(C)(C)[Si](C)(C)OCCN1CC[CH]CC1O[N+](=O)[O-]. The van der Waals surface area contributed by atoms with Crippen LogP contribution in [-0.2, 0) is 9.26 Å². The van der Waals surface area contributed by atoms with Crippen LogP contribution in [0.3, 0.4) is 0 Å². The highest BCUT2D eigenvalue weighted by molar-refractivity contribution is 6.74. The Bertz CT molecular complexity index is 331.